The number of hydrogen-bond donors (Lipinski definition) is 1. The summed E-state index contributed by atoms with van der Waals surface area (Å²) in [5.41, 5.74) is 0.0723. The van der Waals surface area contributed by atoms with E-state index in [4.69, 9.17) is 21.6 Å². The van der Waals surface area contributed by atoms with Gasteiger partial charge in [0.25, 0.3) is 0 Å². The molecule has 1 aromatic rings. The summed E-state index contributed by atoms with van der Waals surface area (Å²) in [6, 6.07) is 4.10. The summed E-state index contributed by atoms with van der Waals surface area (Å²) in [6.07, 6.45) is 0. The number of hydrogen-bond acceptors (Lipinski definition) is 4. The molecule has 78 valence electrons. The van der Waals surface area contributed by atoms with Gasteiger partial charge in [-0.2, -0.15) is 5.26 Å². The minimum Gasteiger partial charge on any atom is -0.507 e. The van der Waals surface area contributed by atoms with Crippen molar-refractivity contribution >= 4 is 17.6 Å². The van der Waals surface area contributed by atoms with Gasteiger partial charge in [-0.25, -0.2) is 4.79 Å². The molecule has 0 aliphatic rings. The number of carbonyl (C=O) groups is 1. The first-order valence-electron chi connectivity index (χ1n) is 4.19. The zero-order valence-corrected chi connectivity index (χ0v) is 8.71. The summed E-state index contributed by atoms with van der Waals surface area (Å²) >= 11 is 5.75. The Morgan fingerprint density at radius 3 is 2.87 bits per heavy atom. The Bertz CT molecular complexity index is 437. The van der Waals surface area contributed by atoms with E-state index in [1.54, 1.807) is 13.0 Å². The van der Waals surface area contributed by atoms with Crippen LogP contribution in [0.25, 0.3) is 0 Å². The average Bonchev–Trinajstić information content (AvgIpc) is 2.21. The number of carbonyl (C=O) groups excluding carboxylic acids is 1. The standard InChI is InChI=1S/C10H8ClNO3/c1-2-15-10(14)7-4-9(13)6(5-12)3-8(7)11/h3-4,13H,2H2,1H3. The maximum absolute atomic E-state index is 11.3. The van der Waals surface area contributed by atoms with E-state index in [1.165, 1.54) is 6.07 Å². The van der Waals surface area contributed by atoms with E-state index in [0.717, 1.165) is 6.07 Å². The maximum Gasteiger partial charge on any atom is 0.339 e. The number of ether oxygens (including phenoxy) is 1. The van der Waals surface area contributed by atoms with Crippen LogP contribution in [0.15, 0.2) is 12.1 Å². The first kappa shape index (κ1) is 11.3. The van der Waals surface area contributed by atoms with Gasteiger partial charge >= 0.3 is 5.97 Å². The zero-order chi connectivity index (χ0) is 11.4. The van der Waals surface area contributed by atoms with E-state index >= 15 is 0 Å². The molecule has 0 aromatic heterocycles. The molecule has 15 heavy (non-hydrogen) atoms. The second-order valence-corrected chi connectivity index (χ2v) is 3.09. The van der Waals surface area contributed by atoms with Crippen LogP contribution >= 0.6 is 11.6 Å². The topological polar surface area (TPSA) is 70.3 Å². The van der Waals surface area contributed by atoms with Crippen LogP contribution in [0.4, 0.5) is 0 Å². The van der Waals surface area contributed by atoms with Gasteiger partial charge in [-0.15, -0.1) is 0 Å². The van der Waals surface area contributed by atoms with Crippen LogP contribution < -0.4 is 0 Å². The van der Waals surface area contributed by atoms with Crippen LogP contribution in [0, 0.1) is 11.3 Å². The van der Waals surface area contributed by atoms with Crippen molar-refractivity contribution in [3.8, 4) is 11.8 Å². The molecule has 0 aliphatic carbocycles. The molecule has 0 unspecified atom stereocenters. The lowest BCUT2D eigenvalue weighted by atomic mass is 10.1. The fraction of sp³-hybridized carbons (Fsp3) is 0.200. The van der Waals surface area contributed by atoms with Crippen molar-refractivity contribution in [3.63, 3.8) is 0 Å². The van der Waals surface area contributed by atoms with E-state index < -0.39 is 5.97 Å². The number of nitriles is 1. The van der Waals surface area contributed by atoms with Crippen molar-refractivity contribution in [2.45, 2.75) is 6.92 Å². The molecule has 5 heteroatoms. The molecule has 0 spiro atoms. The molecular formula is C10H8ClNO3. The minimum atomic E-state index is -0.623. The Labute approximate surface area is 91.7 Å². The monoisotopic (exact) mass is 225 g/mol. The number of benzene rings is 1. The second kappa shape index (κ2) is 4.67. The number of halogens is 1. The molecule has 1 aromatic carbocycles. The molecule has 4 nitrogen and oxygen atoms in total. The van der Waals surface area contributed by atoms with Crippen molar-refractivity contribution in [2.24, 2.45) is 0 Å². The van der Waals surface area contributed by atoms with Gasteiger partial charge in [0.1, 0.15) is 11.8 Å². The van der Waals surface area contributed by atoms with E-state index in [0.29, 0.717) is 0 Å². The molecule has 0 aliphatic heterocycles. The maximum atomic E-state index is 11.3. The van der Waals surface area contributed by atoms with Gasteiger partial charge in [-0.1, -0.05) is 11.6 Å². The quantitative estimate of drug-likeness (QED) is 0.783. The summed E-state index contributed by atoms with van der Waals surface area (Å²) in [4.78, 5) is 11.3. The third kappa shape index (κ3) is 2.39. The van der Waals surface area contributed by atoms with Gasteiger partial charge in [-0.05, 0) is 19.1 Å². The van der Waals surface area contributed by atoms with E-state index in [1.807, 2.05) is 0 Å². The molecule has 0 bridgehead atoms. The molecule has 0 fully saturated rings. The van der Waals surface area contributed by atoms with Crippen LogP contribution in [0.5, 0.6) is 5.75 Å². The van der Waals surface area contributed by atoms with E-state index in [2.05, 4.69) is 0 Å². The van der Waals surface area contributed by atoms with Gasteiger partial charge in [0.05, 0.1) is 22.8 Å². The number of phenolic OH excluding ortho intramolecular Hbond substituents is 1. The van der Waals surface area contributed by atoms with Gasteiger partial charge in [0.2, 0.25) is 0 Å². The van der Waals surface area contributed by atoms with Crippen LogP contribution in [0.2, 0.25) is 5.02 Å². The van der Waals surface area contributed by atoms with Crippen LogP contribution in [0.1, 0.15) is 22.8 Å². The highest BCUT2D eigenvalue weighted by molar-refractivity contribution is 6.33. The number of esters is 1. The minimum absolute atomic E-state index is 0.0213. The number of rotatable bonds is 2. The van der Waals surface area contributed by atoms with E-state index in [-0.39, 0.29) is 28.5 Å². The third-order valence-electron chi connectivity index (χ3n) is 1.70. The van der Waals surface area contributed by atoms with Crippen molar-refractivity contribution in [2.75, 3.05) is 6.61 Å². The second-order valence-electron chi connectivity index (χ2n) is 2.68. The highest BCUT2D eigenvalue weighted by Crippen LogP contribution is 2.26. The van der Waals surface area contributed by atoms with Gasteiger partial charge in [0, 0.05) is 0 Å². The predicted octanol–water partition coefficient (Wildman–Crippen LogP) is 2.09. The lowest BCUT2D eigenvalue weighted by molar-refractivity contribution is 0.0526. The number of aromatic hydroxyl groups is 1. The van der Waals surface area contributed by atoms with Crippen LogP contribution in [-0.2, 0) is 4.74 Å². The zero-order valence-electron chi connectivity index (χ0n) is 7.95. The largest absolute Gasteiger partial charge is 0.507 e. The third-order valence-corrected chi connectivity index (χ3v) is 2.01. The first-order chi connectivity index (χ1) is 7.10. The molecule has 1 rings (SSSR count). The molecule has 0 saturated carbocycles. The first-order valence-corrected chi connectivity index (χ1v) is 4.57. The molecular weight excluding hydrogens is 218 g/mol. The normalized spacial score (nSPS) is 9.40. The Morgan fingerprint density at radius 2 is 2.33 bits per heavy atom. The molecule has 1 N–H and O–H groups in total. The summed E-state index contributed by atoms with van der Waals surface area (Å²) in [5.74, 6) is -0.910. The Morgan fingerprint density at radius 1 is 1.67 bits per heavy atom. The predicted molar refractivity (Wildman–Crippen MR) is 53.8 cm³/mol. The van der Waals surface area contributed by atoms with Crippen molar-refractivity contribution in [3.05, 3.63) is 28.3 Å². The lowest BCUT2D eigenvalue weighted by Crippen LogP contribution is -2.05. The summed E-state index contributed by atoms with van der Waals surface area (Å²) in [6.45, 7) is 1.88. The summed E-state index contributed by atoms with van der Waals surface area (Å²) in [5, 5.41) is 18.0. The Hall–Kier alpha value is -1.73. The number of nitrogens with zero attached hydrogens (tertiary/aromatic N) is 1. The smallest absolute Gasteiger partial charge is 0.339 e. The molecule has 0 saturated heterocycles. The van der Waals surface area contributed by atoms with E-state index in [9.17, 15) is 9.90 Å². The lowest BCUT2D eigenvalue weighted by Gasteiger charge is -2.05. The average molecular weight is 226 g/mol. The highest BCUT2D eigenvalue weighted by atomic mass is 35.5. The van der Waals surface area contributed by atoms with Crippen LogP contribution in [0.3, 0.4) is 0 Å². The van der Waals surface area contributed by atoms with Crippen molar-refractivity contribution < 1.29 is 14.6 Å². The SMILES string of the molecule is CCOC(=O)c1cc(O)c(C#N)cc1Cl. The van der Waals surface area contributed by atoms with Gasteiger partial charge < -0.3 is 9.84 Å². The molecule has 0 amide bonds. The fourth-order valence-electron chi connectivity index (χ4n) is 1.02. The van der Waals surface area contributed by atoms with Crippen molar-refractivity contribution in [1.82, 2.24) is 0 Å². The molecule has 0 radical (unpaired) electrons. The molecule has 0 atom stereocenters. The highest BCUT2D eigenvalue weighted by Gasteiger charge is 2.14. The van der Waals surface area contributed by atoms with Crippen LogP contribution in [-0.4, -0.2) is 17.7 Å². The van der Waals surface area contributed by atoms with Gasteiger partial charge in [-0.3, -0.25) is 0 Å². The van der Waals surface area contributed by atoms with Gasteiger partial charge in [0.15, 0.2) is 0 Å². The fourth-order valence-corrected chi connectivity index (χ4v) is 1.26. The Kier molecular flexibility index (Phi) is 3.53. The van der Waals surface area contributed by atoms with Crippen molar-refractivity contribution in [1.29, 1.82) is 5.26 Å². The Balaban J connectivity index is 3.17. The molecule has 0 heterocycles. The summed E-state index contributed by atoms with van der Waals surface area (Å²) < 4.78 is 4.72. The summed E-state index contributed by atoms with van der Waals surface area (Å²) in [7, 11) is 0. The number of phenols is 1.